The molecule has 0 amide bonds. The minimum atomic E-state index is -3.46. The SMILES string of the molecule is CNCc1ccc(S(=O)(=O)NCc2cc(C)c(C)s2)cc1. The maximum Gasteiger partial charge on any atom is 0.240 e. The van der Waals surface area contributed by atoms with Crippen molar-refractivity contribution >= 4 is 21.4 Å². The summed E-state index contributed by atoms with van der Waals surface area (Å²) in [4.78, 5) is 2.55. The molecule has 0 saturated carbocycles. The van der Waals surface area contributed by atoms with Crippen LogP contribution in [-0.2, 0) is 23.1 Å². The Morgan fingerprint density at radius 2 is 1.76 bits per heavy atom. The lowest BCUT2D eigenvalue weighted by Crippen LogP contribution is -2.22. The molecule has 0 bridgehead atoms. The van der Waals surface area contributed by atoms with Gasteiger partial charge in [-0.15, -0.1) is 11.3 Å². The number of hydrogen-bond donors (Lipinski definition) is 2. The lowest BCUT2D eigenvalue weighted by atomic mass is 10.2. The van der Waals surface area contributed by atoms with Gasteiger partial charge in [-0.2, -0.15) is 0 Å². The van der Waals surface area contributed by atoms with Gasteiger partial charge in [0.25, 0.3) is 0 Å². The zero-order valence-corrected chi connectivity index (χ0v) is 14.1. The standard InChI is InChI=1S/C15H20N2O2S2/c1-11-8-14(20-12(11)2)10-17-21(18,19)15-6-4-13(5-7-15)9-16-3/h4-8,16-17H,9-10H2,1-3H3. The van der Waals surface area contributed by atoms with E-state index in [9.17, 15) is 8.42 Å². The van der Waals surface area contributed by atoms with E-state index in [-0.39, 0.29) is 0 Å². The van der Waals surface area contributed by atoms with Crippen molar-refractivity contribution in [1.29, 1.82) is 0 Å². The van der Waals surface area contributed by atoms with Crippen molar-refractivity contribution in [2.75, 3.05) is 7.05 Å². The molecule has 4 nitrogen and oxygen atoms in total. The van der Waals surface area contributed by atoms with Gasteiger partial charge in [0.2, 0.25) is 10.0 Å². The van der Waals surface area contributed by atoms with Crippen LogP contribution in [0, 0.1) is 13.8 Å². The summed E-state index contributed by atoms with van der Waals surface area (Å²) in [6, 6.07) is 8.95. The third-order valence-corrected chi connectivity index (χ3v) is 5.84. The van der Waals surface area contributed by atoms with Gasteiger partial charge in [-0.25, -0.2) is 13.1 Å². The molecule has 1 aromatic carbocycles. The minimum Gasteiger partial charge on any atom is -0.316 e. The monoisotopic (exact) mass is 324 g/mol. The second kappa shape index (κ2) is 6.70. The van der Waals surface area contributed by atoms with Gasteiger partial charge in [-0.05, 0) is 50.2 Å². The number of hydrogen-bond acceptors (Lipinski definition) is 4. The van der Waals surface area contributed by atoms with E-state index in [1.165, 1.54) is 10.4 Å². The summed E-state index contributed by atoms with van der Waals surface area (Å²) in [6.45, 7) is 5.13. The quantitative estimate of drug-likeness (QED) is 0.858. The number of benzene rings is 1. The molecule has 6 heteroatoms. The lowest BCUT2D eigenvalue weighted by Gasteiger charge is -2.07. The Kier molecular flexibility index (Phi) is 5.16. The number of nitrogens with one attached hydrogen (secondary N) is 2. The Hall–Kier alpha value is -1.21. The highest BCUT2D eigenvalue weighted by Gasteiger charge is 2.14. The highest BCUT2D eigenvalue weighted by Crippen LogP contribution is 2.21. The summed E-state index contributed by atoms with van der Waals surface area (Å²) in [5.74, 6) is 0. The number of sulfonamides is 1. The summed E-state index contributed by atoms with van der Waals surface area (Å²) in [5.41, 5.74) is 2.26. The van der Waals surface area contributed by atoms with Gasteiger partial charge in [0, 0.05) is 22.8 Å². The van der Waals surface area contributed by atoms with Gasteiger partial charge < -0.3 is 5.32 Å². The average Bonchev–Trinajstić information content (AvgIpc) is 2.77. The van der Waals surface area contributed by atoms with Crippen LogP contribution in [0.2, 0.25) is 0 Å². The third-order valence-electron chi connectivity index (χ3n) is 3.27. The molecule has 2 N–H and O–H groups in total. The summed E-state index contributed by atoms with van der Waals surface area (Å²) in [7, 11) is -1.60. The van der Waals surface area contributed by atoms with Crippen molar-refractivity contribution in [2.24, 2.45) is 0 Å². The summed E-state index contributed by atoms with van der Waals surface area (Å²) in [6.07, 6.45) is 0. The first-order valence-electron chi connectivity index (χ1n) is 6.71. The molecule has 0 unspecified atom stereocenters. The van der Waals surface area contributed by atoms with Gasteiger partial charge in [-0.3, -0.25) is 0 Å². The van der Waals surface area contributed by atoms with Crippen LogP contribution in [0.1, 0.15) is 20.9 Å². The zero-order valence-electron chi connectivity index (χ0n) is 12.4. The van der Waals surface area contributed by atoms with E-state index in [1.807, 2.05) is 39.1 Å². The molecule has 0 aliphatic heterocycles. The molecule has 1 aromatic heterocycles. The van der Waals surface area contributed by atoms with Crippen molar-refractivity contribution in [1.82, 2.24) is 10.0 Å². The van der Waals surface area contributed by atoms with E-state index in [0.717, 1.165) is 17.0 Å². The van der Waals surface area contributed by atoms with E-state index < -0.39 is 10.0 Å². The van der Waals surface area contributed by atoms with Crippen molar-refractivity contribution in [2.45, 2.75) is 31.8 Å². The second-order valence-electron chi connectivity index (χ2n) is 4.95. The van der Waals surface area contributed by atoms with Crippen molar-refractivity contribution < 1.29 is 8.42 Å². The van der Waals surface area contributed by atoms with Crippen LogP contribution in [0.25, 0.3) is 0 Å². The number of aryl methyl sites for hydroxylation is 2. The van der Waals surface area contributed by atoms with Gasteiger partial charge in [0.15, 0.2) is 0 Å². The molecule has 0 radical (unpaired) electrons. The van der Waals surface area contributed by atoms with Crippen molar-refractivity contribution in [3.05, 3.63) is 51.2 Å². The van der Waals surface area contributed by atoms with Crippen LogP contribution in [0.3, 0.4) is 0 Å². The molecular weight excluding hydrogens is 304 g/mol. The van der Waals surface area contributed by atoms with Crippen LogP contribution in [-0.4, -0.2) is 15.5 Å². The Bertz CT molecular complexity index is 684. The topological polar surface area (TPSA) is 58.2 Å². The first kappa shape index (κ1) is 16.2. The first-order valence-corrected chi connectivity index (χ1v) is 9.01. The molecule has 2 rings (SSSR count). The maximum absolute atomic E-state index is 12.2. The normalized spacial score (nSPS) is 11.8. The third kappa shape index (κ3) is 4.14. The van der Waals surface area contributed by atoms with Gasteiger partial charge in [0.1, 0.15) is 0 Å². The van der Waals surface area contributed by atoms with E-state index in [4.69, 9.17) is 0 Å². The fraction of sp³-hybridized carbons (Fsp3) is 0.333. The van der Waals surface area contributed by atoms with Crippen LogP contribution in [0.5, 0.6) is 0 Å². The van der Waals surface area contributed by atoms with Crippen LogP contribution in [0.4, 0.5) is 0 Å². The Morgan fingerprint density at radius 3 is 2.29 bits per heavy atom. The largest absolute Gasteiger partial charge is 0.316 e. The molecule has 21 heavy (non-hydrogen) atoms. The number of thiophene rings is 1. The number of rotatable bonds is 6. The Morgan fingerprint density at radius 1 is 1.10 bits per heavy atom. The second-order valence-corrected chi connectivity index (χ2v) is 8.06. The van der Waals surface area contributed by atoms with Crippen LogP contribution in [0.15, 0.2) is 35.2 Å². The molecule has 1 heterocycles. The fourth-order valence-electron chi connectivity index (χ4n) is 1.98. The maximum atomic E-state index is 12.2. The van der Waals surface area contributed by atoms with E-state index >= 15 is 0 Å². The molecule has 0 aliphatic rings. The minimum absolute atomic E-state index is 0.298. The van der Waals surface area contributed by atoms with Crippen molar-refractivity contribution in [3.8, 4) is 0 Å². The molecule has 0 spiro atoms. The molecule has 0 atom stereocenters. The highest BCUT2D eigenvalue weighted by molar-refractivity contribution is 7.89. The zero-order chi connectivity index (χ0) is 15.5. The summed E-state index contributed by atoms with van der Waals surface area (Å²) < 4.78 is 27.1. The van der Waals surface area contributed by atoms with Gasteiger partial charge in [-0.1, -0.05) is 12.1 Å². The first-order chi connectivity index (χ1) is 9.92. The molecular formula is C15H20N2O2S2. The summed E-state index contributed by atoms with van der Waals surface area (Å²) in [5, 5.41) is 3.03. The molecule has 0 aliphatic carbocycles. The molecule has 0 fully saturated rings. The predicted molar refractivity (Wildman–Crippen MR) is 87.0 cm³/mol. The van der Waals surface area contributed by atoms with Crippen LogP contribution < -0.4 is 10.0 Å². The van der Waals surface area contributed by atoms with E-state index in [2.05, 4.69) is 10.0 Å². The molecule has 2 aromatic rings. The predicted octanol–water partition coefficient (Wildman–Crippen LogP) is 2.56. The van der Waals surface area contributed by atoms with Crippen molar-refractivity contribution in [3.63, 3.8) is 0 Å². The van der Waals surface area contributed by atoms with Gasteiger partial charge in [0.05, 0.1) is 4.90 Å². The summed E-state index contributed by atoms with van der Waals surface area (Å²) >= 11 is 1.62. The smallest absolute Gasteiger partial charge is 0.240 e. The fourth-order valence-corrected chi connectivity index (χ4v) is 4.07. The molecule has 0 saturated heterocycles. The lowest BCUT2D eigenvalue weighted by molar-refractivity contribution is 0.581. The van der Waals surface area contributed by atoms with E-state index in [1.54, 1.807) is 23.5 Å². The Balaban J connectivity index is 2.07. The van der Waals surface area contributed by atoms with Gasteiger partial charge >= 0.3 is 0 Å². The average molecular weight is 324 g/mol. The molecule has 114 valence electrons. The van der Waals surface area contributed by atoms with Crippen LogP contribution >= 0.6 is 11.3 Å². The Labute approximate surface area is 130 Å². The highest BCUT2D eigenvalue weighted by atomic mass is 32.2. The van der Waals surface area contributed by atoms with E-state index in [0.29, 0.717) is 11.4 Å².